The largest absolute Gasteiger partial charge is 0.202 e. The number of hydrogen-bond donors (Lipinski definition) is 0. The molecule has 0 amide bonds. The monoisotopic (exact) mass is 430 g/mol. The Morgan fingerprint density at radius 3 is 1.13 bits per heavy atom. The molecule has 0 spiro atoms. The Kier molecular flexibility index (Phi) is 20.3. The van der Waals surface area contributed by atoms with Crippen LogP contribution in [0.5, 0.6) is 0 Å². The average Bonchev–Trinajstić information content (AvgIpc) is 2.80. The highest BCUT2D eigenvalue weighted by molar-refractivity contribution is 4.84. The smallest absolute Gasteiger partial charge is 0.169 e. The summed E-state index contributed by atoms with van der Waals surface area (Å²) in [5.41, 5.74) is 0. The predicted molar refractivity (Wildman–Crippen MR) is 139 cm³/mol. The molecule has 1 heteroatoms. The van der Waals surface area contributed by atoms with E-state index in [1.165, 1.54) is 141 Å². The van der Waals surface area contributed by atoms with Crippen LogP contribution in [0.15, 0.2) is 30.6 Å². The van der Waals surface area contributed by atoms with E-state index in [0.29, 0.717) is 6.04 Å². The zero-order valence-electron chi connectivity index (χ0n) is 21.5. The van der Waals surface area contributed by atoms with E-state index in [9.17, 15) is 0 Å². The molecular formula is C30H56N+. The summed E-state index contributed by atoms with van der Waals surface area (Å²) in [4.78, 5) is 0. The average molecular weight is 431 g/mol. The Morgan fingerprint density at radius 1 is 0.419 bits per heavy atom. The first-order valence-corrected chi connectivity index (χ1v) is 14.3. The third-order valence-corrected chi connectivity index (χ3v) is 6.94. The molecule has 180 valence electrons. The lowest BCUT2D eigenvalue weighted by Crippen LogP contribution is -2.38. The van der Waals surface area contributed by atoms with E-state index < -0.39 is 0 Å². The molecule has 1 unspecified atom stereocenters. The molecule has 0 aliphatic rings. The number of nitrogens with zero attached hydrogens (tertiary/aromatic N) is 1. The van der Waals surface area contributed by atoms with Gasteiger partial charge in [0.25, 0.3) is 0 Å². The van der Waals surface area contributed by atoms with Crippen LogP contribution < -0.4 is 4.57 Å². The van der Waals surface area contributed by atoms with Gasteiger partial charge in [-0.3, -0.25) is 0 Å². The molecular weight excluding hydrogens is 374 g/mol. The van der Waals surface area contributed by atoms with E-state index in [0.717, 1.165) is 0 Å². The summed E-state index contributed by atoms with van der Waals surface area (Å²) >= 11 is 0. The van der Waals surface area contributed by atoms with E-state index in [1.54, 1.807) is 0 Å². The zero-order valence-corrected chi connectivity index (χ0v) is 21.5. The fourth-order valence-corrected chi connectivity index (χ4v) is 4.83. The summed E-state index contributed by atoms with van der Waals surface area (Å²) < 4.78 is 2.47. The number of pyridine rings is 1. The quantitative estimate of drug-likeness (QED) is 0.120. The highest BCUT2D eigenvalue weighted by Gasteiger charge is 2.16. The molecule has 0 aliphatic heterocycles. The Morgan fingerprint density at radius 2 is 0.742 bits per heavy atom. The van der Waals surface area contributed by atoms with Crippen LogP contribution in [0.4, 0.5) is 0 Å². The van der Waals surface area contributed by atoms with E-state index in [1.807, 2.05) is 0 Å². The molecule has 1 atom stereocenters. The normalized spacial score (nSPS) is 12.3. The Balaban J connectivity index is 1.95. The van der Waals surface area contributed by atoms with Crippen LogP contribution in [0.3, 0.4) is 0 Å². The summed E-state index contributed by atoms with van der Waals surface area (Å²) in [5.74, 6) is 0. The van der Waals surface area contributed by atoms with Gasteiger partial charge < -0.3 is 0 Å². The number of rotatable bonds is 23. The third kappa shape index (κ3) is 17.4. The maximum atomic E-state index is 2.47. The Hall–Kier alpha value is -0.850. The van der Waals surface area contributed by atoms with Gasteiger partial charge >= 0.3 is 0 Å². The lowest BCUT2D eigenvalue weighted by molar-refractivity contribution is -0.724. The van der Waals surface area contributed by atoms with Gasteiger partial charge in [-0.15, -0.1) is 0 Å². The molecule has 1 aromatic heterocycles. The van der Waals surface area contributed by atoms with Gasteiger partial charge in [0.15, 0.2) is 18.4 Å². The lowest BCUT2D eigenvalue weighted by Gasteiger charge is -2.12. The van der Waals surface area contributed by atoms with Gasteiger partial charge in [0.1, 0.15) is 0 Å². The molecule has 0 aromatic carbocycles. The standard InChI is InChI=1S/C30H56N/c1-3-5-7-9-10-11-12-13-14-15-16-17-18-19-20-23-27-30(26-22-8-6-4-2)31-28-24-21-25-29-31/h21,24-25,28-30H,3-20,22-23,26-27H2,1-2H3/q+1. The van der Waals surface area contributed by atoms with Crippen LogP contribution in [-0.4, -0.2) is 0 Å². The first kappa shape index (κ1) is 28.2. The van der Waals surface area contributed by atoms with Crippen LogP contribution in [0.25, 0.3) is 0 Å². The zero-order chi connectivity index (χ0) is 22.2. The van der Waals surface area contributed by atoms with E-state index in [-0.39, 0.29) is 0 Å². The molecule has 0 saturated heterocycles. The maximum Gasteiger partial charge on any atom is 0.169 e. The van der Waals surface area contributed by atoms with Gasteiger partial charge in [-0.25, -0.2) is 4.57 Å². The van der Waals surface area contributed by atoms with Crippen molar-refractivity contribution in [2.45, 2.75) is 161 Å². The fourth-order valence-electron chi connectivity index (χ4n) is 4.83. The van der Waals surface area contributed by atoms with Crippen molar-refractivity contribution in [3.05, 3.63) is 30.6 Å². The van der Waals surface area contributed by atoms with Crippen LogP contribution in [0, 0.1) is 0 Å². The van der Waals surface area contributed by atoms with E-state index in [4.69, 9.17) is 0 Å². The third-order valence-electron chi connectivity index (χ3n) is 6.94. The van der Waals surface area contributed by atoms with Gasteiger partial charge in [-0.1, -0.05) is 135 Å². The summed E-state index contributed by atoms with van der Waals surface area (Å²) in [5, 5.41) is 0. The number of aromatic nitrogens is 1. The number of hydrogen-bond acceptors (Lipinski definition) is 0. The van der Waals surface area contributed by atoms with Gasteiger partial charge in [0.05, 0.1) is 0 Å². The molecule has 0 fully saturated rings. The SMILES string of the molecule is CCCCCCCCCCCCCCCCCCC(CCCCCC)[n+]1ccccc1. The summed E-state index contributed by atoms with van der Waals surface area (Å²) in [6, 6.07) is 7.23. The molecule has 0 aliphatic carbocycles. The van der Waals surface area contributed by atoms with Crippen molar-refractivity contribution >= 4 is 0 Å². The topological polar surface area (TPSA) is 3.88 Å². The van der Waals surface area contributed by atoms with Gasteiger partial charge in [0, 0.05) is 25.0 Å². The van der Waals surface area contributed by atoms with Crippen molar-refractivity contribution in [3.63, 3.8) is 0 Å². The molecule has 0 saturated carbocycles. The Labute approximate surface area is 196 Å². The van der Waals surface area contributed by atoms with Crippen molar-refractivity contribution in [1.82, 2.24) is 0 Å². The molecule has 31 heavy (non-hydrogen) atoms. The highest BCUT2D eigenvalue weighted by Crippen LogP contribution is 2.19. The molecule has 0 N–H and O–H groups in total. The minimum Gasteiger partial charge on any atom is -0.202 e. The predicted octanol–water partition coefficient (Wildman–Crippen LogP) is 10.1. The molecule has 1 aromatic rings. The van der Waals surface area contributed by atoms with Crippen molar-refractivity contribution < 1.29 is 4.57 Å². The van der Waals surface area contributed by atoms with Crippen LogP contribution in [-0.2, 0) is 0 Å². The Bertz CT molecular complexity index is 455. The summed E-state index contributed by atoms with van der Waals surface area (Å²) in [6.07, 6.45) is 36.0. The molecule has 0 radical (unpaired) electrons. The summed E-state index contributed by atoms with van der Waals surface area (Å²) in [6.45, 7) is 4.61. The lowest BCUT2D eigenvalue weighted by atomic mass is 9.99. The molecule has 1 rings (SSSR count). The van der Waals surface area contributed by atoms with Crippen molar-refractivity contribution in [2.75, 3.05) is 0 Å². The summed E-state index contributed by atoms with van der Waals surface area (Å²) in [7, 11) is 0. The second kappa shape index (κ2) is 22.3. The second-order valence-corrected chi connectivity index (χ2v) is 9.92. The first-order valence-electron chi connectivity index (χ1n) is 14.3. The molecule has 1 heterocycles. The fraction of sp³-hybridized carbons (Fsp3) is 0.833. The molecule has 0 bridgehead atoms. The van der Waals surface area contributed by atoms with Crippen molar-refractivity contribution in [2.24, 2.45) is 0 Å². The van der Waals surface area contributed by atoms with Gasteiger partial charge in [-0.2, -0.15) is 0 Å². The maximum absolute atomic E-state index is 2.47. The first-order chi connectivity index (χ1) is 15.4. The second-order valence-electron chi connectivity index (χ2n) is 9.92. The van der Waals surface area contributed by atoms with Gasteiger partial charge in [0.2, 0.25) is 0 Å². The minimum absolute atomic E-state index is 0.713. The van der Waals surface area contributed by atoms with Gasteiger partial charge in [-0.05, 0) is 12.8 Å². The molecule has 1 nitrogen and oxygen atoms in total. The minimum atomic E-state index is 0.713. The van der Waals surface area contributed by atoms with E-state index >= 15 is 0 Å². The van der Waals surface area contributed by atoms with Crippen LogP contribution in [0.2, 0.25) is 0 Å². The van der Waals surface area contributed by atoms with Crippen LogP contribution >= 0.6 is 0 Å². The highest BCUT2D eigenvalue weighted by atomic mass is 15.0. The van der Waals surface area contributed by atoms with Crippen molar-refractivity contribution in [3.8, 4) is 0 Å². The van der Waals surface area contributed by atoms with Crippen molar-refractivity contribution in [1.29, 1.82) is 0 Å². The van der Waals surface area contributed by atoms with Crippen LogP contribution in [0.1, 0.15) is 161 Å². The number of unbranched alkanes of at least 4 members (excludes halogenated alkanes) is 18. The van der Waals surface area contributed by atoms with E-state index in [2.05, 4.69) is 49.0 Å².